The van der Waals surface area contributed by atoms with Crippen LogP contribution in [0.2, 0.25) is 0 Å². The van der Waals surface area contributed by atoms with E-state index in [0.29, 0.717) is 30.2 Å². The van der Waals surface area contributed by atoms with Crippen molar-refractivity contribution in [1.29, 1.82) is 0 Å². The third kappa shape index (κ3) is 4.79. The molecule has 2 aromatic rings. The van der Waals surface area contributed by atoms with E-state index in [2.05, 4.69) is 15.6 Å². The van der Waals surface area contributed by atoms with E-state index in [1.54, 1.807) is 18.1 Å². The summed E-state index contributed by atoms with van der Waals surface area (Å²) < 4.78 is 26.3. The molecular formula is C18H20F2N4O2S. The second-order valence-electron chi connectivity index (χ2n) is 6.39. The van der Waals surface area contributed by atoms with E-state index in [1.165, 1.54) is 17.4 Å². The van der Waals surface area contributed by atoms with Crippen LogP contribution in [-0.4, -0.2) is 42.0 Å². The van der Waals surface area contributed by atoms with Crippen molar-refractivity contribution in [3.8, 4) is 0 Å². The Balaban J connectivity index is 1.59. The van der Waals surface area contributed by atoms with Crippen LogP contribution >= 0.6 is 11.3 Å². The highest BCUT2D eigenvalue weighted by molar-refractivity contribution is 7.15. The van der Waals surface area contributed by atoms with Crippen LogP contribution in [0.4, 0.5) is 18.7 Å². The molecule has 3 rings (SSSR count). The smallest absolute Gasteiger partial charge is 0.323 e. The van der Waals surface area contributed by atoms with Gasteiger partial charge in [0, 0.05) is 37.6 Å². The maximum atomic E-state index is 13.3. The fourth-order valence-electron chi connectivity index (χ4n) is 3.05. The summed E-state index contributed by atoms with van der Waals surface area (Å²) in [7, 11) is 1.59. The number of benzene rings is 1. The Labute approximate surface area is 159 Å². The lowest BCUT2D eigenvalue weighted by molar-refractivity contribution is -0.125. The number of hydrogen-bond donors (Lipinski definition) is 2. The average Bonchev–Trinajstić information content (AvgIpc) is 3.11. The Morgan fingerprint density at radius 3 is 2.89 bits per heavy atom. The summed E-state index contributed by atoms with van der Waals surface area (Å²) in [6.07, 6.45) is 3.53. The Bertz CT molecular complexity index is 843. The van der Waals surface area contributed by atoms with Crippen LogP contribution in [0.1, 0.15) is 23.3 Å². The molecule has 3 amide bonds. The van der Waals surface area contributed by atoms with Gasteiger partial charge >= 0.3 is 6.03 Å². The number of hydrogen-bond acceptors (Lipinski definition) is 4. The van der Waals surface area contributed by atoms with Gasteiger partial charge in [-0.2, -0.15) is 0 Å². The van der Waals surface area contributed by atoms with Crippen LogP contribution in [0, 0.1) is 17.6 Å². The fraction of sp³-hybridized carbons (Fsp3) is 0.389. The molecule has 144 valence electrons. The topological polar surface area (TPSA) is 74.3 Å². The molecule has 9 heteroatoms. The molecule has 0 aliphatic carbocycles. The number of nitrogens with one attached hydrogen (secondary N) is 2. The second-order valence-corrected chi connectivity index (χ2v) is 7.50. The van der Waals surface area contributed by atoms with Gasteiger partial charge < -0.3 is 10.2 Å². The summed E-state index contributed by atoms with van der Waals surface area (Å²) in [5.41, 5.74) is 0.625. The van der Waals surface area contributed by atoms with Crippen LogP contribution in [0.15, 0.2) is 24.4 Å². The van der Waals surface area contributed by atoms with E-state index in [1.807, 2.05) is 0 Å². The highest BCUT2D eigenvalue weighted by atomic mass is 32.1. The number of halogens is 2. The standard InChI is InChI=1S/C18H20F2N4O2S/c1-21-16(25)12-3-2-6-24(10-12)18(26)23-17-22-9-13(27-17)7-11-4-5-14(19)15(20)8-11/h4-5,8-9,12H,2-3,6-7,10H2,1H3,(H,21,25)(H,22,23,26). The van der Waals surface area contributed by atoms with E-state index < -0.39 is 11.6 Å². The number of carbonyl (C=O) groups excluding carboxylic acids is 2. The van der Waals surface area contributed by atoms with E-state index in [9.17, 15) is 18.4 Å². The molecule has 1 atom stereocenters. The Kier molecular flexibility index (Phi) is 6.00. The minimum absolute atomic E-state index is 0.0597. The highest BCUT2D eigenvalue weighted by Gasteiger charge is 2.28. The molecule has 1 aromatic heterocycles. The normalized spacial score (nSPS) is 16.9. The van der Waals surface area contributed by atoms with Crippen molar-refractivity contribution in [3.05, 3.63) is 46.5 Å². The van der Waals surface area contributed by atoms with Gasteiger partial charge in [0.25, 0.3) is 0 Å². The number of urea groups is 1. The fourth-order valence-corrected chi connectivity index (χ4v) is 3.88. The molecule has 0 radical (unpaired) electrons. The van der Waals surface area contributed by atoms with E-state index in [4.69, 9.17) is 0 Å². The maximum absolute atomic E-state index is 13.3. The molecule has 1 fully saturated rings. The van der Waals surface area contributed by atoms with Gasteiger partial charge in [-0.25, -0.2) is 18.6 Å². The van der Waals surface area contributed by atoms with Gasteiger partial charge in [-0.1, -0.05) is 6.07 Å². The predicted molar refractivity (Wildman–Crippen MR) is 98.7 cm³/mol. The van der Waals surface area contributed by atoms with E-state index >= 15 is 0 Å². The first-order chi connectivity index (χ1) is 13.0. The quantitative estimate of drug-likeness (QED) is 0.837. The molecule has 1 unspecified atom stereocenters. The van der Waals surface area contributed by atoms with Crippen LogP contribution in [0.5, 0.6) is 0 Å². The third-order valence-electron chi connectivity index (χ3n) is 4.46. The van der Waals surface area contributed by atoms with Crippen molar-refractivity contribution in [2.24, 2.45) is 5.92 Å². The van der Waals surface area contributed by atoms with Crippen molar-refractivity contribution in [1.82, 2.24) is 15.2 Å². The highest BCUT2D eigenvalue weighted by Crippen LogP contribution is 2.23. The lowest BCUT2D eigenvalue weighted by Gasteiger charge is -2.31. The molecule has 1 saturated heterocycles. The molecule has 0 saturated carbocycles. The number of amides is 3. The molecule has 2 N–H and O–H groups in total. The minimum atomic E-state index is -0.888. The molecule has 1 aromatic carbocycles. The van der Waals surface area contributed by atoms with Crippen molar-refractivity contribution in [2.45, 2.75) is 19.3 Å². The monoisotopic (exact) mass is 394 g/mol. The summed E-state index contributed by atoms with van der Waals surface area (Å²) in [5, 5.41) is 5.79. The van der Waals surface area contributed by atoms with Crippen LogP contribution in [0.25, 0.3) is 0 Å². The van der Waals surface area contributed by atoms with Crippen molar-refractivity contribution >= 4 is 28.4 Å². The molecule has 0 bridgehead atoms. The Hall–Kier alpha value is -2.55. The molecular weight excluding hydrogens is 374 g/mol. The Morgan fingerprint density at radius 1 is 1.33 bits per heavy atom. The van der Waals surface area contributed by atoms with Gasteiger partial charge in [-0.05, 0) is 30.5 Å². The number of anilines is 1. The van der Waals surface area contributed by atoms with Crippen molar-refractivity contribution in [3.63, 3.8) is 0 Å². The Morgan fingerprint density at radius 2 is 2.15 bits per heavy atom. The van der Waals surface area contributed by atoms with Gasteiger partial charge in [-0.15, -0.1) is 11.3 Å². The molecule has 0 spiro atoms. The molecule has 2 heterocycles. The number of carbonyl (C=O) groups is 2. The van der Waals surface area contributed by atoms with Crippen molar-refractivity contribution < 1.29 is 18.4 Å². The van der Waals surface area contributed by atoms with Crippen molar-refractivity contribution in [2.75, 3.05) is 25.5 Å². The first-order valence-electron chi connectivity index (χ1n) is 8.62. The third-order valence-corrected chi connectivity index (χ3v) is 5.37. The second kappa shape index (κ2) is 8.43. The molecule has 1 aliphatic rings. The summed E-state index contributed by atoms with van der Waals surface area (Å²) in [5.74, 6) is -2.03. The van der Waals surface area contributed by atoms with Crippen LogP contribution < -0.4 is 10.6 Å². The molecule has 1 aliphatic heterocycles. The van der Waals surface area contributed by atoms with E-state index in [0.717, 1.165) is 29.9 Å². The lowest BCUT2D eigenvalue weighted by atomic mass is 9.97. The van der Waals surface area contributed by atoms with Gasteiger partial charge in [0.2, 0.25) is 5.91 Å². The summed E-state index contributed by atoms with van der Waals surface area (Å²) in [6, 6.07) is 3.47. The average molecular weight is 394 g/mol. The zero-order valence-corrected chi connectivity index (χ0v) is 15.6. The maximum Gasteiger partial charge on any atom is 0.323 e. The van der Waals surface area contributed by atoms with Crippen LogP contribution in [0.3, 0.4) is 0 Å². The number of aromatic nitrogens is 1. The number of nitrogens with zero attached hydrogens (tertiary/aromatic N) is 2. The summed E-state index contributed by atoms with van der Waals surface area (Å²) >= 11 is 1.28. The number of piperidine rings is 1. The summed E-state index contributed by atoms with van der Waals surface area (Å²) in [4.78, 5) is 30.8. The largest absolute Gasteiger partial charge is 0.359 e. The predicted octanol–water partition coefficient (Wildman–Crippen LogP) is 3.00. The number of thiazole rings is 1. The summed E-state index contributed by atoms with van der Waals surface area (Å²) in [6.45, 7) is 0.963. The van der Waals surface area contributed by atoms with E-state index in [-0.39, 0.29) is 17.9 Å². The SMILES string of the molecule is CNC(=O)C1CCCN(C(=O)Nc2ncc(Cc3ccc(F)c(F)c3)s2)C1. The molecule has 6 nitrogen and oxygen atoms in total. The zero-order valence-electron chi connectivity index (χ0n) is 14.8. The van der Waals surface area contributed by atoms with Crippen LogP contribution in [-0.2, 0) is 11.2 Å². The first kappa shape index (κ1) is 19.2. The number of rotatable bonds is 4. The minimum Gasteiger partial charge on any atom is -0.359 e. The first-order valence-corrected chi connectivity index (χ1v) is 9.44. The van der Waals surface area contributed by atoms with Gasteiger partial charge in [0.05, 0.1) is 5.92 Å². The lowest BCUT2D eigenvalue weighted by Crippen LogP contribution is -2.46. The van der Waals surface area contributed by atoms with Gasteiger partial charge in [0.15, 0.2) is 16.8 Å². The number of likely N-dealkylation sites (tertiary alicyclic amines) is 1. The zero-order chi connectivity index (χ0) is 19.4. The molecule has 27 heavy (non-hydrogen) atoms. The van der Waals surface area contributed by atoms with Gasteiger partial charge in [0.1, 0.15) is 0 Å². The van der Waals surface area contributed by atoms with Gasteiger partial charge in [-0.3, -0.25) is 10.1 Å².